The van der Waals surface area contributed by atoms with E-state index in [1.54, 1.807) is 18.2 Å². The van der Waals surface area contributed by atoms with Gasteiger partial charge in [-0.15, -0.1) is 0 Å². The molecule has 0 N–H and O–H groups in total. The Morgan fingerprint density at radius 2 is 1.78 bits per heavy atom. The van der Waals surface area contributed by atoms with E-state index in [4.69, 9.17) is 9.47 Å². The van der Waals surface area contributed by atoms with Crippen molar-refractivity contribution < 1.29 is 19.1 Å². The van der Waals surface area contributed by atoms with E-state index in [0.29, 0.717) is 31.1 Å². The number of esters is 2. The molecule has 0 amide bonds. The summed E-state index contributed by atoms with van der Waals surface area (Å²) in [4.78, 5) is 23.7. The highest BCUT2D eigenvalue weighted by molar-refractivity contribution is 5.89. The van der Waals surface area contributed by atoms with E-state index in [2.05, 4.69) is 20.4 Å². The topological polar surface area (TPSA) is 52.6 Å². The quantitative estimate of drug-likeness (QED) is 0.305. The number of hydrogen-bond donors (Lipinski definition) is 0. The van der Waals surface area contributed by atoms with Crippen LogP contribution in [0.1, 0.15) is 81.1 Å². The van der Waals surface area contributed by atoms with Crippen LogP contribution in [0.4, 0.5) is 0 Å². The number of carbonyl (C=O) groups is 2. The summed E-state index contributed by atoms with van der Waals surface area (Å²) >= 11 is 0. The van der Waals surface area contributed by atoms with Crippen molar-refractivity contribution >= 4 is 18.0 Å². The van der Waals surface area contributed by atoms with Crippen molar-refractivity contribution in [3.63, 3.8) is 0 Å². The summed E-state index contributed by atoms with van der Waals surface area (Å²) in [7, 11) is 0. The summed E-state index contributed by atoms with van der Waals surface area (Å²) in [6.45, 7) is 8.91. The zero-order valence-corrected chi connectivity index (χ0v) is 16.9. The second-order valence-electron chi connectivity index (χ2n) is 6.87. The molecule has 1 atom stereocenters. The normalized spacial score (nSPS) is 11.6. The van der Waals surface area contributed by atoms with Gasteiger partial charge in [-0.1, -0.05) is 57.9 Å². The second kappa shape index (κ2) is 14.0. The summed E-state index contributed by atoms with van der Waals surface area (Å²) in [6, 6.07) is 7.14. The number of benzene rings is 1. The highest BCUT2D eigenvalue weighted by atomic mass is 16.5. The Morgan fingerprint density at radius 3 is 2.41 bits per heavy atom. The van der Waals surface area contributed by atoms with Gasteiger partial charge in [-0.2, -0.15) is 0 Å². The molecule has 27 heavy (non-hydrogen) atoms. The van der Waals surface area contributed by atoms with Gasteiger partial charge >= 0.3 is 11.9 Å². The van der Waals surface area contributed by atoms with E-state index >= 15 is 0 Å². The average molecular weight is 375 g/mol. The number of rotatable bonds is 14. The highest BCUT2D eigenvalue weighted by Crippen LogP contribution is 2.14. The number of unbranched alkanes of at least 4 members (excludes halogenated alkanes) is 3. The van der Waals surface area contributed by atoms with Crippen LogP contribution in [0.25, 0.3) is 6.08 Å². The maximum absolute atomic E-state index is 11.9. The fourth-order valence-corrected chi connectivity index (χ4v) is 2.73. The summed E-state index contributed by atoms with van der Waals surface area (Å²) < 4.78 is 10.6. The molecule has 0 aliphatic heterocycles. The van der Waals surface area contributed by atoms with Crippen LogP contribution in [-0.2, 0) is 14.3 Å². The van der Waals surface area contributed by atoms with Crippen molar-refractivity contribution in [1.82, 2.24) is 0 Å². The Labute approximate surface area is 163 Å². The zero-order chi connectivity index (χ0) is 19.9. The van der Waals surface area contributed by atoms with Crippen LogP contribution in [0.5, 0.6) is 0 Å². The fourth-order valence-electron chi connectivity index (χ4n) is 2.73. The van der Waals surface area contributed by atoms with E-state index in [9.17, 15) is 9.59 Å². The lowest BCUT2D eigenvalue weighted by atomic mass is 10.0. The molecule has 0 spiro atoms. The Morgan fingerprint density at radius 1 is 1.04 bits per heavy atom. The Hall–Kier alpha value is -2.10. The molecule has 1 unspecified atom stereocenters. The first-order valence-corrected chi connectivity index (χ1v) is 10.2. The van der Waals surface area contributed by atoms with Crippen molar-refractivity contribution in [3.05, 3.63) is 42.0 Å². The molecule has 0 fully saturated rings. The average Bonchev–Trinajstić information content (AvgIpc) is 2.70. The van der Waals surface area contributed by atoms with Gasteiger partial charge in [0.2, 0.25) is 0 Å². The maximum Gasteiger partial charge on any atom is 0.338 e. The van der Waals surface area contributed by atoms with Crippen molar-refractivity contribution in [2.75, 3.05) is 13.2 Å². The number of carbonyl (C=O) groups excluding carboxylic acids is 2. The molecular weight excluding hydrogens is 340 g/mol. The van der Waals surface area contributed by atoms with Crippen LogP contribution >= 0.6 is 0 Å². The molecule has 0 aliphatic rings. The van der Waals surface area contributed by atoms with E-state index in [1.807, 2.05) is 12.1 Å². The van der Waals surface area contributed by atoms with E-state index in [1.165, 1.54) is 12.8 Å². The van der Waals surface area contributed by atoms with Crippen LogP contribution in [0.15, 0.2) is 30.8 Å². The maximum atomic E-state index is 11.9. The molecule has 1 aromatic carbocycles. The van der Waals surface area contributed by atoms with Gasteiger partial charge in [-0.3, -0.25) is 4.79 Å². The Kier molecular flexibility index (Phi) is 11.9. The third kappa shape index (κ3) is 9.97. The van der Waals surface area contributed by atoms with Crippen LogP contribution in [0.3, 0.4) is 0 Å². The molecule has 0 radical (unpaired) electrons. The minimum atomic E-state index is -0.317. The molecule has 0 saturated carbocycles. The van der Waals surface area contributed by atoms with Crippen molar-refractivity contribution in [2.24, 2.45) is 5.92 Å². The first-order chi connectivity index (χ1) is 13.1. The highest BCUT2D eigenvalue weighted by Gasteiger charge is 2.10. The predicted octanol–water partition coefficient (Wildman–Crippen LogP) is 5.81. The summed E-state index contributed by atoms with van der Waals surface area (Å²) in [6.07, 6.45) is 9.05. The monoisotopic (exact) mass is 374 g/mol. The molecule has 0 bridgehead atoms. The molecular formula is C23H34O4. The summed E-state index contributed by atoms with van der Waals surface area (Å²) in [5, 5.41) is 0. The van der Waals surface area contributed by atoms with Crippen molar-refractivity contribution in [2.45, 2.75) is 65.2 Å². The van der Waals surface area contributed by atoms with Gasteiger partial charge in [-0.25, -0.2) is 4.79 Å². The molecule has 0 aliphatic carbocycles. The fraction of sp³-hybridized carbons (Fsp3) is 0.565. The second-order valence-corrected chi connectivity index (χ2v) is 6.87. The van der Waals surface area contributed by atoms with Crippen LogP contribution in [0.2, 0.25) is 0 Å². The molecule has 4 heteroatoms. The smallest absolute Gasteiger partial charge is 0.338 e. The molecule has 0 saturated heterocycles. The number of ether oxygens (including phenoxy) is 2. The van der Waals surface area contributed by atoms with Gasteiger partial charge in [0.15, 0.2) is 0 Å². The van der Waals surface area contributed by atoms with Crippen molar-refractivity contribution in [3.8, 4) is 0 Å². The Balaban J connectivity index is 2.09. The SMILES string of the molecule is C=Cc1ccc(C(=O)OCCCCCC(=O)OCC(CC)CCCC)cc1. The summed E-state index contributed by atoms with van der Waals surface area (Å²) in [5.41, 5.74) is 1.51. The number of hydrogen-bond acceptors (Lipinski definition) is 4. The Bertz CT molecular complexity index is 562. The molecule has 1 rings (SSSR count). The third-order valence-corrected chi connectivity index (χ3v) is 4.66. The molecule has 0 heterocycles. The van der Waals surface area contributed by atoms with Gasteiger partial charge < -0.3 is 9.47 Å². The standard InChI is InChI=1S/C23H34O4/c1-4-7-11-20(6-3)18-27-22(24)12-9-8-10-17-26-23(25)21-15-13-19(5-2)14-16-21/h5,13-16,20H,2,4,6-12,17-18H2,1,3H3. The molecule has 150 valence electrons. The lowest BCUT2D eigenvalue weighted by Crippen LogP contribution is -2.13. The predicted molar refractivity (Wildman–Crippen MR) is 110 cm³/mol. The molecule has 1 aromatic rings. The van der Waals surface area contributed by atoms with E-state index in [-0.39, 0.29) is 11.9 Å². The van der Waals surface area contributed by atoms with E-state index in [0.717, 1.165) is 37.7 Å². The molecule has 4 nitrogen and oxygen atoms in total. The minimum Gasteiger partial charge on any atom is -0.465 e. The largest absolute Gasteiger partial charge is 0.465 e. The van der Waals surface area contributed by atoms with Gasteiger partial charge in [0.05, 0.1) is 18.8 Å². The van der Waals surface area contributed by atoms with Crippen LogP contribution in [-0.4, -0.2) is 25.2 Å². The van der Waals surface area contributed by atoms with Gasteiger partial charge in [0, 0.05) is 6.42 Å². The third-order valence-electron chi connectivity index (χ3n) is 4.66. The summed E-state index contributed by atoms with van der Waals surface area (Å²) in [5.74, 6) is 0.0424. The van der Waals surface area contributed by atoms with Crippen molar-refractivity contribution in [1.29, 1.82) is 0 Å². The molecule has 0 aromatic heterocycles. The van der Waals surface area contributed by atoms with Crippen LogP contribution in [0, 0.1) is 5.92 Å². The van der Waals surface area contributed by atoms with Gasteiger partial charge in [0.1, 0.15) is 0 Å². The lowest BCUT2D eigenvalue weighted by Gasteiger charge is -2.14. The lowest BCUT2D eigenvalue weighted by molar-refractivity contribution is -0.145. The van der Waals surface area contributed by atoms with E-state index < -0.39 is 0 Å². The zero-order valence-electron chi connectivity index (χ0n) is 16.9. The van der Waals surface area contributed by atoms with Gasteiger partial charge in [-0.05, 0) is 49.3 Å². The minimum absolute atomic E-state index is 0.121. The first-order valence-electron chi connectivity index (χ1n) is 10.2. The van der Waals surface area contributed by atoms with Gasteiger partial charge in [0.25, 0.3) is 0 Å². The first kappa shape index (κ1) is 22.9. The van der Waals surface area contributed by atoms with Crippen LogP contribution < -0.4 is 0 Å².